The molecule has 0 unspecified atom stereocenters. The first-order valence-electron chi connectivity index (χ1n) is 15.9. The minimum Gasteiger partial charge on any atom is -0.458 e. The van der Waals surface area contributed by atoms with E-state index in [-0.39, 0.29) is 6.71 Å². The van der Waals surface area contributed by atoms with Gasteiger partial charge in [-0.25, -0.2) is 0 Å². The lowest BCUT2D eigenvalue weighted by molar-refractivity contribution is 0.487. The van der Waals surface area contributed by atoms with E-state index in [9.17, 15) is 0 Å². The standard InChI is InChI=1S/C42H25BN2O/c1-3-12-26(13-4-1)27-22-23-32-38(24-27)46-37-21-11-20-36-40(37)43(32)33-25-31-29-16-7-9-18-34(29)44(28-14-5-2-6-15-28)41(31)39-30-17-8-10-19-35(30)45(36)42(33)39/h1-25H. The Bertz CT molecular complexity index is 2720. The maximum absolute atomic E-state index is 6.79. The minimum absolute atomic E-state index is 0.0438. The van der Waals surface area contributed by atoms with E-state index in [1.54, 1.807) is 0 Å². The van der Waals surface area contributed by atoms with Gasteiger partial charge in [0, 0.05) is 32.9 Å². The summed E-state index contributed by atoms with van der Waals surface area (Å²) in [6.07, 6.45) is 0. The van der Waals surface area contributed by atoms with Crippen molar-refractivity contribution in [1.82, 2.24) is 9.13 Å². The van der Waals surface area contributed by atoms with Crippen LogP contribution in [0.25, 0.3) is 66.1 Å². The molecular weight excluding hydrogens is 559 g/mol. The number of hydrogen-bond donors (Lipinski definition) is 0. The van der Waals surface area contributed by atoms with Gasteiger partial charge in [0.2, 0.25) is 0 Å². The maximum atomic E-state index is 6.79. The third kappa shape index (κ3) is 3.03. The number of para-hydroxylation sites is 3. The van der Waals surface area contributed by atoms with Crippen LogP contribution in [0.2, 0.25) is 0 Å². The number of rotatable bonds is 2. The summed E-state index contributed by atoms with van der Waals surface area (Å²) in [5.41, 5.74) is 13.5. The summed E-state index contributed by atoms with van der Waals surface area (Å²) in [5, 5.41) is 5.11. The van der Waals surface area contributed by atoms with Crippen LogP contribution in [0.4, 0.5) is 0 Å². The third-order valence-corrected chi connectivity index (χ3v) is 10.1. The van der Waals surface area contributed by atoms with Gasteiger partial charge < -0.3 is 13.9 Å². The van der Waals surface area contributed by atoms with Crippen LogP contribution in [0, 0.1) is 0 Å². The second-order valence-electron chi connectivity index (χ2n) is 12.5. The summed E-state index contributed by atoms with van der Waals surface area (Å²) in [6.45, 7) is 0.0438. The van der Waals surface area contributed by atoms with Crippen LogP contribution in [0.5, 0.6) is 11.5 Å². The quantitative estimate of drug-likeness (QED) is 0.187. The molecule has 0 bridgehead atoms. The number of nitrogens with zero attached hydrogens (tertiary/aromatic N) is 2. The van der Waals surface area contributed by atoms with Crippen LogP contribution in [0.15, 0.2) is 152 Å². The van der Waals surface area contributed by atoms with Gasteiger partial charge in [0.15, 0.2) is 0 Å². The predicted octanol–water partition coefficient (Wildman–Crippen LogP) is 8.48. The highest BCUT2D eigenvalue weighted by atomic mass is 16.5. The zero-order valence-electron chi connectivity index (χ0n) is 24.8. The highest BCUT2D eigenvalue weighted by molar-refractivity contribution is 6.99. The molecule has 0 aliphatic carbocycles. The molecule has 0 amide bonds. The topological polar surface area (TPSA) is 19.1 Å². The predicted molar refractivity (Wildman–Crippen MR) is 192 cm³/mol. The Balaban J connectivity index is 1.33. The average Bonchev–Trinajstić information content (AvgIpc) is 3.64. The van der Waals surface area contributed by atoms with Crippen molar-refractivity contribution < 1.29 is 4.74 Å². The van der Waals surface area contributed by atoms with Gasteiger partial charge in [-0.3, -0.25) is 0 Å². The van der Waals surface area contributed by atoms with Gasteiger partial charge in [-0.05, 0) is 70.0 Å². The fraction of sp³-hybridized carbons (Fsp3) is 0. The zero-order valence-corrected chi connectivity index (χ0v) is 24.8. The van der Waals surface area contributed by atoms with Crippen molar-refractivity contribution in [2.75, 3.05) is 0 Å². The minimum atomic E-state index is 0.0438. The molecule has 2 aromatic heterocycles. The fourth-order valence-corrected chi connectivity index (χ4v) is 8.32. The Morgan fingerprint density at radius 1 is 0.457 bits per heavy atom. The van der Waals surface area contributed by atoms with Gasteiger partial charge in [0.1, 0.15) is 11.5 Å². The Morgan fingerprint density at radius 3 is 2.00 bits per heavy atom. The van der Waals surface area contributed by atoms with E-state index in [2.05, 4.69) is 161 Å². The molecule has 46 heavy (non-hydrogen) atoms. The van der Waals surface area contributed by atoms with Crippen LogP contribution < -0.4 is 21.1 Å². The van der Waals surface area contributed by atoms with Gasteiger partial charge in [-0.1, -0.05) is 109 Å². The van der Waals surface area contributed by atoms with E-state index in [0.717, 1.165) is 17.1 Å². The SMILES string of the molecule is c1ccc(-c2ccc3c(c2)Oc2cccc4c2B3c2cc3c5ccccc5n(-c5ccccc5)c3c3c5ccccc5n-4c23)cc1. The highest BCUT2D eigenvalue weighted by Crippen LogP contribution is 2.44. The third-order valence-electron chi connectivity index (χ3n) is 10.1. The Kier molecular flexibility index (Phi) is 4.66. The highest BCUT2D eigenvalue weighted by Gasteiger charge is 2.41. The maximum Gasteiger partial charge on any atom is 0.256 e. The van der Waals surface area contributed by atoms with Crippen molar-refractivity contribution in [3.8, 4) is 34.0 Å². The first-order chi connectivity index (χ1) is 22.8. The van der Waals surface area contributed by atoms with Gasteiger partial charge in [-0.15, -0.1) is 0 Å². The summed E-state index contributed by atoms with van der Waals surface area (Å²) in [4.78, 5) is 0. The van der Waals surface area contributed by atoms with E-state index in [4.69, 9.17) is 4.74 Å². The lowest BCUT2D eigenvalue weighted by Crippen LogP contribution is -2.58. The van der Waals surface area contributed by atoms with Crippen molar-refractivity contribution in [2.45, 2.75) is 0 Å². The molecule has 0 radical (unpaired) electrons. The van der Waals surface area contributed by atoms with Gasteiger partial charge >= 0.3 is 0 Å². The normalized spacial score (nSPS) is 12.9. The summed E-state index contributed by atoms with van der Waals surface area (Å²) >= 11 is 0. The average molecular weight is 584 g/mol. The molecule has 0 saturated carbocycles. The summed E-state index contributed by atoms with van der Waals surface area (Å²) in [7, 11) is 0. The van der Waals surface area contributed by atoms with Crippen LogP contribution >= 0.6 is 0 Å². The van der Waals surface area contributed by atoms with Crippen molar-refractivity contribution in [2.24, 2.45) is 0 Å². The summed E-state index contributed by atoms with van der Waals surface area (Å²) < 4.78 is 11.8. The first kappa shape index (κ1) is 24.3. The number of hydrogen-bond acceptors (Lipinski definition) is 1. The molecule has 0 atom stereocenters. The van der Waals surface area contributed by atoms with E-state index >= 15 is 0 Å². The number of aromatic nitrogens is 2. The number of fused-ring (bicyclic) bond motifs is 11. The molecule has 0 N–H and O–H groups in total. The van der Waals surface area contributed by atoms with E-state index in [1.807, 2.05) is 0 Å². The van der Waals surface area contributed by atoms with Gasteiger partial charge in [0.25, 0.3) is 6.71 Å². The molecule has 0 fully saturated rings. The first-order valence-corrected chi connectivity index (χ1v) is 15.9. The van der Waals surface area contributed by atoms with Crippen LogP contribution in [-0.4, -0.2) is 15.8 Å². The molecule has 212 valence electrons. The fourth-order valence-electron chi connectivity index (χ4n) is 8.32. The Morgan fingerprint density at radius 2 is 1.17 bits per heavy atom. The molecule has 3 nitrogen and oxygen atoms in total. The smallest absolute Gasteiger partial charge is 0.256 e. The molecule has 9 aromatic rings. The van der Waals surface area contributed by atoms with Crippen LogP contribution in [0.3, 0.4) is 0 Å². The molecule has 0 saturated heterocycles. The molecule has 2 aliphatic rings. The molecule has 7 aromatic carbocycles. The molecule has 2 aliphatic heterocycles. The molecule has 11 rings (SSSR count). The number of ether oxygens (including phenoxy) is 1. The molecular formula is C42H25BN2O. The van der Waals surface area contributed by atoms with Crippen molar-refractivity contribution in [3.63, 3.8) is 0 Å². The van der Waals surface area contributed by atoms with Crippen molar-refractivity contribution in [1.29, 1.82) is 0 Å². The Labute approximate surface area is 265 Å². The molecule has 4 heteroatoms. The second-order valence-corrected chi connectivity index (χ2v) is 12.5. The van der Waals surface area contributed by atoms with E-state index in [1.165, 1.54) is 76.9 Å². The number of benzene rings is 7. The van der Waals surface area contributed by atoms with Crippen molar-refractivity contribution >= 4 is 66.7 Å². The van der Waals surface area contributed by atoms with E-state index in [0.29, 0.717) is 0 Å². The van der Waals surface area contributed by atoms with Crippen molar-refractivity contribution in [3.05, 3.63) is 152 Å². The zero-order chi connectivity index (χ0) is 29.9. The molecule has 4 heterocycles. The lowest BCUT2D eigenvalue weighted by Gasteiger charge is -2.33. The van der Waals surface area contributed by atoms with Gasteiger partial charge in [-0.2, -0.15) is 0 Å². The van der Waals surface area contributed by atoms with Crippen LogP contribution in [0.1, 0.15) is 0 Å². The van der Waals surface area contributed by atoms with Gasteiger partial charge in [0.05, 0.1) is 22.1 Å². The van der Waals surface area contributed by atoms with Crippen LogP contribution in [-0.2, 0) is 0 Å². The largest absolute Gasteiger partial charge is 0.458 e. The summed E-state index contributed by atoms with van der Waals surface area (Å²) in [5.74, 6) is 1.86. The Hall–Kier alpha value is -6.00. The second kappa shape index (κ2) is 8.80. The monoisotopic (exact) mass is 584 g/mol. The lowest BCUT2D eigenvalue weighted by atomic mass is 9.34. The molecule has 0 spiro atoms. The van der Waals surface area contributed by atoms with E-state index < -0.39 is 0 Å². The summed E-state index contributed by atoms with van der Waals surface area (Å²) in [6, 6.07) is 54.9.